The topological polar surface area (TPSA) is 80.3 Å². The normalized spacial score (nSPS) is 10.7. The Labute approximate surface area is 180 Å². The highest BCUT2D eigenvalue weighted by Crippen LogP contribution is 2.29. The van der Waals surface area contributed by atoms with Crippen molar-refractivity contribution >= 4 is 23.2 Å². The molecule has 0 aliphatic rings. The summed E-state index contributed by atoms with van der Waals surface area (Å²) in [4.78, 5) is 29.5. The van der Waals surface area contributed by atoms with Crippen LogP contribution in [0.5, 0.6) is 5.75 Å². The molecule has 156 valence electrons. The van der Waals surface area contributed by atoms with Crippen molar-refractivity contribution in [1.82, 2.24) is 15.8 Å². The van der Waals surface area contributed by atoms with E-state index in [-0.39, 0.29) is 12.5 Å². The predicted octanol–water partition coefficient (Wildman–Crippen LogP) is 4.16. The van der Waals surface area contributed by atoms with Crippen LogP contribution in [0.4, 0.5) is 0 Å². The molecule has 0 aliphatic heterocycles. The molecule has 30 heavy (non-hydrogen) atoms. The number of hydrogen-bond acceptors (Lipinski definition) is 5. The van der Waals surface area contributed by atoms with Gasteiger partial charge in [0.05, 0.1) is 10.7 Å². The van der Waals surface area contributed by atoms with Gasteiger partial charge in [-0.1, -0.05) is 62.4 Å². The average Bonchev–Trinajstić information content (AvgIpc) is 3.10. The zero-order chi connectivity index (χ0) is 21.5. The Morgan fingerprint density at radius 1 is 1.03 bits per heavy atom. The summed E-state index contributed by atoms with van der Waals surface area (Å²) in [6.45, 7) is 5.78. The van der Waals surface area contributed by atoms with Crippen molar-refractivity contribution < 1.29 is 14.3 Å². The SMILES string of the molecule is Cc1nc(CC(C)C)sc1C(=O)NNC(=O)COc1ccccc1-c1ccccc1. The van der Waals surface area contributed by atoms with Gasteiger partial charge in [-0.15, -0.1) is 11.3 Å². The van der Waals surface area contributed by atoms with E-state index in [9.17, 15) is 9.59 Å². The number of hydrogen-bond donors (Lipinski definition) is 2. The molecule has 1 heterocycles. The number of aromatic nitrogens is 1. The molecule has 0 atom stereocenters. The van der Waals surface area contributed by atoms with Crippen LogP contribution in [-0.4, -0.2) is 23.4 Å². The lowest BCUT2D eigenvalue weighted by molar-refractivity contribution is -0.123. The Bertz CT molecular complexity index is 1020. The lowest BCUT2D eigenvalue weighted by atomic mass is 10.1. The molecule has 2 amide bonds. The van der Waals surface area contributed by atoms with Gasteiger partial charge < -0.3 is 4.74 Å². The van der Waals surface area contributed by atoms with E-state index < -0.39 is 5.91 Å². The van der Waals surface area contributed by atoms with Crippen molar-refractivity contribution in [2.75, 3.05) is 6.61 Å². The van der Waals surface area contributed by atoms with Gasteiger partial charge in [-0.25, -0.2) is 4.98 Å². The minimum absolute atomic E-state index is 0.218. The molecule has 0 fully saturated rings. The van der Waals surface area contributed by atoms with Crippen molar-refractivity contribution in [3.05, 3.63) is 70.2 Å². The third-order valence-corrected chi connectivity index (χ3v) is 5.45. The van der Waals surface area contributed by atoms with Crippen LogP contribution in [-0.2, 0) is 11.2 Å². The first-order chi connectivity index (χ1) is 14.4. The monoisotopic (exact) mass is 423 g/mol. The molecule has 3 rings (SSSR count). The van der Waals surface area contributed by atoms with Crippen LogP contribution in [0.15, 0.2) is 54.6 Å². The molecule has 0 unspecified atom stereocenters. The Morgan fingerprint density at radius 2 is 1.73 bits per heavy atom. The number of nitrogens with zero attached hydrogens (tertiary/aromatic N) is 1. The number of benzene rings is 2. The summed E-state index contributed by atoms with van der Waals surface area (Å²) in [6.07, 6.45) is 0.819. The van der Waals surface area contributed by atoms with Crippen LogP contribution >= 0.6 is 11.3 Å². The van der Waals surface area contributed by atoms with Gasteiger partial charge in [-0.3, -0.25) is 20.4 Å². The summed E-state index contributed by atoms with van der Waals surface area (Å²) in [5, 5.41) is 0.917. The smallest absolute Gasteiger partial charge is 0.281 e. The zero-order valence-corrected chi connectivity index (χ0v) is 18.1. The Morgan fingerprint density at radius 3 is 2.47 bits per heavy atom. The first-order valence-corrected chi connectivity index (χ1v) is 10.6. The number of para-hydroxylation sites is 1. The number of rotatable bonds is 7. The number of hydrazine groups is 1. The molecule has 0 bridgehead atoms. The van der Waals surface area contributed by atoms with Crippen molar-refractivity contribution in [3.63, 3.8) is 0 Å². The minimum atomic E-state index is -0.448. The van der Waals surface area contributed by atoms with Gasteiger partial charge in [0.2, 0.25) is 0 Å². The van der Waals surface area contributed by atoms with Crippen molar-refractivity contribution in [3.8, 4) is 16.9 Å². The fourth-order valence-electron chi connectivity index (χ4n) is 2.91. The third-order valence-electron chi connectivity index (χ3n) is 4.28. The number of ether oxygens (including phenoxy) is 1. The average molecular weight is 424 g/mol. The van der Waals surface area contributed by atoms with Crippen molar-refractivity contribution in [1.29, 1.82) is 0 Å². The first kappa shape index (κ1) is 21.5. The summed E-state index contributed by atoms with van der Waals surface area (Å²) in [5.41, 5.74) is 7.40. The molecule has 0 radical (unpaired) electrons. The number of amides is 2. The van der Waals surface area contributed by atoms with Crippen molar-refractivity contribution in [2.24, 2.45) is 5.92 Å². The second-order valence-corrected chi connectivity index (χ2v) is 8.36. The van der Waals surface area contributed by atoms with Crippen LogP contribution in [0.3, 0.4) is 0 Å². The van der Waals surface area contributed by atoms with Gasteiger partial charge in [0, 0.05) is 12.0 Å². The van der Waals surface area contributed by atoms with Crippen LogP contribution in [0, 0.1) is 12.8 Å². The summed E-state index contributed by atoms with van der Waals surface area (Å²) >= 11 is 1.35. The number of nitrogens with one attached hydrogen (secondary N) is 2. The number of carbonyl (C=O) groups is 2. The second kappa shape index (κ2) is 10.0. The van der Waals surface area contributed by atoms with E-state index in [1.807, 2.05) is 54.6 Å². The van der Waals surface area contributed by atoms with Gasteiger partial charge in [0.15, 0.2) is 6.61 Å². The molecule has 2 N–H and O–H groups in total. The highest BCUT2D eigenvalue weighted by molar-refractivity contribution is 7.13. The maximum Gasteiger partial charge on any atom is 0.281 e. The van der Waals surface area contributed by atoms with Gasteiger partial charge in [0.25, 0.3) is 11.8 Å². The Hall–Kier alpha value is -3.19. The molecule has 2 aromatic carbocycles. The lowest BCUT2D eigenvalue weighted by Gasteiger charge is -2.12. The van der Waals surface area contributed by atoms with E-state index in [1.165, 1.54) is 11.3 Å². The summed E-state index contributed by atoms with van der Waals surface area (Å²) < 4.78 is 5.69. The standard InChI is InChI=1S/C23H25N3O3S/c1-15(2)13-21-24-16(3)22(30-21)23(28)26-25-20(27)14-29-19-12-8-7-11-18(19)17-9-5-4-6-10-17/h4-12,15H,13-14H2,1-3H3,(H,25,27)(H,26,28). The van der Waals surface area contributed by atoms with E-state index in [4.69, 9.17) is 4.74 Å². The molecule has 3 aromatic rings. The summed E-state index contributed by atoms with van der Waals surface area (Å²) in [5.74, 6) is 0.234. The number of carbonyl (C=O) groups excluding carboxylic acids is 2. The van der Waals surface area contributed by atoms with Crippen LogP contribution in [0.1, 0.15) is 34.2 Å². The predicted molar refractivity (Wildman–Crippen MR) is 118 cm³/mol. The maximum atomic E-state index is 12.4. The number of aryl methyl sites for hydroxylation is 1. The van der Waals surface area contributed by atoms with Crippen LogP contribution in [0.2, 0.25) is 0 Å². The number of thiazole rings is 1. The highest BCUT2D eigenvalue weighted by Gasteiger charge is 2.17. The van der Waals surface area contributed by atoms with E-state index in [0.29, 0.717) is 22.2 Å². The van der Waals surface area contributed by atoms with Crippen LogP contribution in [0.25, 0.3) is 11.1 Å². The fraction of sp³-hybridized carbons (Fsp3) is 0.261. The van der Waals surface area contributed by atoms with Gasteiger partial charge in [-0.05, 0) is 24.5 Å². The van der Waals surface area contributed by atoms with Crippen LogP contribution < -0.4 is 15.6 Å². The molecule has 0 saturated heterocycles. The first-order valence-electron chi connectivity index (χ1n) is 9.76. The zero-order valence-electron chi connectivity index (χ0n) is 17.3. The molecule has 0 spiro atoms. The summed E-state index contributed by atoms with van der Waals surface area (Å²) in [7, 11) is 0. The lowest BCUT2D eigenvalue weighted by Crippen LogP contribution is -2.43. The fourth-order valence-corrected chi connectivity index (χ4v) is 4.08. The van der Waals surface area contributed by atoms with E-state index in [0.717, 1.165) is 22.6 Å². The van der Waals surface area contributed by atoms with Gasteiger partial charge in [0.1, 0.15) is 10.6 Å². The molecule has 1 aromatic heterocycles. The van der Waals surface area contributed by atoms with Crippen molar-refractivity contribution in [2.45, 2.75) is 27.2 Å². The molecule has 0 aliphatic carbocycles. The molecular formula is C23H25N3O3S. The largest absolute Gasteiger partial charge is 0.483 e. The van der Waals surface area contributed by atoms with Gasteiger partial charge in [-0.2, -0.15) is 0 Å². The Kier molecular flexibility index (Phi) is 7.19. The minimum Gasteiger partial charge on any atom is -0.483 e. The highest BCUT2D eigenvalue weighted by atomic mass is 32.1. The third kappa shape index (κ3) is 5.67. The Balaban J connectivity index is 1.55. The van der Waals surface area contributed by atoms with E-state index in [1.54, 1.807) is 6.92 Å². The molecule has 6 nitrogen and oxygen atoms in total. The maximum absolute atomic E-state index is 12.4. The van der Waals surface area contributed by atoms with E-state index in [2.05, 4.69) is 29.7 Å². The summed E-state index contributed by atoms with van der Waals surface area (Å²) in [6, 6.07) is 17.3. The van der Waals surface area contributed by atoms with E-state index >= 15 is 0 Å². The van der Waals surface area contributed by atoms with Gasteiger partial charge >= 0.3 is 0 Å². The quantitative estimate of drug-likeness (QED) is 0.559. The molecule has 0 saturated carbocycles. The molecular weight excluding hydrogens is 398 g/mol. The molecule has 7 heteroatoms. The second-order valence-electron chi connectivity index (χ2n) is 7.27.